The van der Waals surface area contributed by atoms with Gasteiger partial charge in [0.05, 0.1) is 0 Å². The van der Waals surface area contributed by atoms with E-state index in [1.807, 2.05) is 0 Å². The van der Waals surface area contributed by atoms with Crippen LogP contribution in [0.4, 0.5) is 0 Å². The Morgan fingerprint density at radius 3 is 2.48 bits per heavy atom. The van der Waals surface area contributed by atoms with E-state index in [4.69, 9.17) is 0 Å². The summed E-state index contributed by atoms with van der Waals surface area (Å²) in [6.45, 7) is 7.95. The lowest BCUT2D eigenvalue weighted by atomic mass is 9.96. The molecular formula is C18H31N3. The Morgan fingerprint density at radius 1 is 1.24 bits per heavy atom. The van der Waals surface area contributed by atoms with Gasteiger partial charge in [-0.05, 0) is 39.0 Å². The van der Waals surface area contributed by atoms with Gasteiger partial charge in [0.2, 0.25) is 0 Å². The molecule has 1 N–H and O–H groups in total. The van der Waals surface area contributed by atoms with Gasteiger partial charge in [-0.1, -0.05) is 44.2 Å². The normalized spacial score (nSPS) is 22.6. The first-order valence-corrected chi connectivity index (χ1v) is 8.36. The molecular weight excluding hydrogens is 258 g/mol. The zero-order chi connectivity index (χ0) is 15.2. The first-order chi connectivity index (χ1) is 10.2. The van der Waals surface area contributed by atoms with E-state index in [2.05, 4.69) is 73.4 Å². The van der Waals surface area contributed by atoms with Gasteiger partial charge in [0.15, 0.2) is 0 Å². The van der Waals surface area contributed by atoms with Crippen LogP contribution in [0.3, 0.4) is 0 Å². The maximum Gasteiger partial charge on any atom is 0.0477 e. The van der Waals surface area contributed by atoms with E-state index < -0.39 is 0 Å². The lowest BCUT2D eigenvalue weighted by Crippen LogP contribution is -2.44. The fraction of sp³-hybridized carbons (Fsp3) is 0.667. The van der Waals surface area contributed by atoms with Crippen molar-refractivity contribution in [1.29, 1.82) is 0 Å². The van der Waals surface area contributed by atoms with Crippen molar-refractivity contribution in [3.8, 4) is 0 Å². The van der Waals surface area contributed by atoms with Gasteiger partial charge < -0.3 is 10.2 Å². The molecule has 1 aromatic rings. The van der Waals surface area contributed by atoms with Gasteiger partial charge >= 0.3 is 0 Å². The van der Waals surface area contributed by atoms with Crippen molar-refractivity contribution < 1.29 is 0 Å². The summed E-state index contributed by atoms with van der Waals surface area (Å²) in [5, 5.41) is 3.72. The summed E-state index contributed by atoms with van der Waals surface area (Å²) in [6.07, 6.45) is 2.48. The van der Waals surface area contributed by atoms with E-state index in [1.165, 1.54) is 31.5 Å². The van der Waals surface area contributed by atoms with Crippen LogP contribution in [-0.2, 0) is 0 Å². The molecule has 0 saturated carbocycles. The molecule has 3 nitrogen and oxygen atoms in total. The van der Waals surface area contributed by atoms with Gasteiger partial charge in [0.25, 0.3) is 0 Å². The highest BCUT2D eigenvalue weighted by Gasteiger charge is 2.33. The first-order valence-electron chi connectivity index (χ1n) is 8.36. The van der Waals surface area contributed by atoms with Gasteiger partial charge in [-0.3, -0.25) is 4.90 Å². The molecule has 0 amide bonds. The lowest BCUT2D eigenvalue weighted by molar-refractivity contribution is 0.171. The lowest BCUT2D eigenvalue weighted by Gasteiger charge is -2.35. The van der Waals surface area contributed by atoms with Crippen LogP contribution in [0.5, 0.6) is 0 Å². The van der Waals surface area contributed by atoms with Crippen molar-refractivity contribution in [1.82, 2.24) is 15.1 Å². The molecule has 118 valence electrons. The molecule has 3 atom stereocenters. The smallest absolute Gasteiger partial charge is 0.0477 e. The number of likely N-dealkylation sites (tertiary alicyclic amines) is 1. The Hall–Kier alpha value is -0.900. The van der Waals surface area contributed by atoms with Crippen molar-refractivity contribution in [2.75, 3.05) is 33.7 Å². The molecule has 0 spiro atoms. The molecule has 21 heavy (non-hydrogen) atoms. The highest BCUT2D eigenvalue weighted by atomic mass is 15.3. The third kappa shape index (κ3) is 4.06. The van der Waals surface area contributed by atoms with Crippen molar-refractivity contribution in [3.63, 3.8) is 0 Å². The highest BCUT2D eigenvalue weighted by molar-refractivity contribution is 5.21. The predicted octanol–water partition coefficient (Wildman–Crippen LogP) is 2.75. The SMILES string of the molecule is CCNC(c1ccccc1)C(CC)N1CCC(N(C)C)C1. The molecule has 0 radical (unpaired) electrons. The third-order valence-corrected chi connectivity index (χ3v) is 4.78. The first kappa shape index (κ1) is 16.5. The summed E-state index contributed by atoms with van der Waals surface area (Å²) in [7, 11) is 4.40. The topological polar surface area (TPSA) is 18.5 Å². The molecule has 3 heteroatoms. The van der Waals surface area contributed by atoms with E-state index in [1.54, 1.807) is 0 Å². The van der Waals surface area contributed by atoms with Gasteiger partial charge in [-0.25, -0.2) is 0 Å². The third-order valence-electron chi connectivity index (χ3n) is 4.78. The molecule has 0 bridgehead atoms. The standard InChI is InChI=1S/C18H31N3/c1-5-17(21-13-12-16(14-21)20(3)4)18(19-6-2)15-10-8-7-9-11-15/h7-11,16-19H,5-6,12-14H2,1-4H3. The van der Waals surface area contributed by atoms with Gasteiger partial charge in [-0.15, -0.1) is 0 Å². The molecule has 1 saturated heterocycles. The van der Waals surface area contributed by atoms with Crippen LogP contribution >= 0.6 is 0 Å². The quantitative estimate of drug-likeness (QED) is 0.832. The molecule has 1 aliphatic heterocycles. The molecule has 1 aliphatic rings. The van der Waals surface area contributed by atoms with Crippen LogP contribution in [0, 0.1) is 0 Å². The largest absolute Gasteiger partial charge is 0.309 e. The molecule has 0 aliphatic carbocycles. The van der Waals surface area contributed by atoms with Crippen molar-refractivity contribution in [3.05, 3.63) is 35.9 Å². The number of nitrogens with one attached hydrogen (secondary N) is 1. The Bertz CT molecular complexity index is 404. The average molecular weight is 289 g/mol. The minimum absolute atomic E-state index is 0.433. The van der Waals surface area contributed by atoms with Crippen LogP contribution in [0.25, 0.3) is 0 Å². The Kier molecular flexibility index (Phi) is 6.22. The summed E-state index contributed by atoms with van der Waals surface area (Å²) < 4.78 is 0. The molecule has 1 heterocycles. The highest BCUT2D eigenvalue weighted by Crippen LogP contribution is 2.27. The summed E-state index contributed by atoms with van der Waals surface area (Å²) in [5.41, 5.74) is 1.42. The van der Waals surface area contributed by atoms with E-state index in [0.29, 0.717) is 18.1 Å². The van der Waals surface area contributed by atoms with Crippen LogP contribution in [-0.4, -0.2) is 55.6 Å². The number of benzene rings is 1. The molecule has 1 aromatic carbocycles. The van der Waals surface area contributed by atoms with E-state index in [-0.39, 0.29) is 0 Å². The monoisotopic (exact) mass is 289 g/mol. The fourth-order valence-corrected chi connectivity index (χ4v) is 3.55. The van der Waals surface area contributed by atoms with Crippen molar-refractivity contribution in [2.45, 2.75) is 44.8 Å². The minimum atomic E-state index is 0.433. The number of nitrogens with zero attached hydrogens (tertiary/aromatic N) is 2. The van der Waals surface area contributed by atoms with Crippen LogP contribution < -0.4 is 5.32 Å². The second-order valence-electron chi connectivity index (χ2n) is 6.32. The van der Waals surface area contributed by atoms with Crippen molar-refractivity contribution in [2.24, 2.45) is 0 Å². The predicted molar refractivity (Wildman–Crippen MR) is 90.6 cm³/mol. The summed E-state index contributed by atoms with van der Waals surface area (Å²) >= 11 is 0. The maximum absolute atomic E-state index is 3.72. The molecule has 1 fully saturated rings. The second kappa shape index (κ2) is 7.92. The Balaban J connectivity index is 2.13. The van der Waals surface area contributed by atoms with Crippen LogP contribution in [0.1, 0.15) is 38.3 Å². The van der Waals surface area contributed by atoms with Crippen LogP contribution in [0.15, 0.2) is 30.3 Å². The second-order valence-corrected chi connectivity index (χ2v) is 6.32. The summed E-state index contributed by atoms with van der Waals surface area (Å²) in [6, 6.07) is 12.6. The van der Waals surface area contributed by atoms with Gasteiger partial charge in [-0.2, -0.15) is 0 Å². The Labute approximate surface area is 130 Å². The fourth-order valence-electron chi connectivity index (χ4n) is 3.55. The zero-order valence-corrected chi connectivity index (χ0v) is 14.0. The average Bonchev–Trinajstić information content (AvgIpc) is 2.98. The van der Waals surface area contributed by atoms with E-state index >= 15 is 0 Å². The van der Waals surface area contributed by atoms with E-state index in [0.717, 1.165) is 6.54 Å². The number of rotatable bonds is 7. The van der Waals surface area contributed by atoms with Gasteiger partial charge in [0, 0.05) is 31.2 Å². The molecule has 2 rings (SSSR count). The number of likely N-dealkylation sites (N-methyl/N-ethyl adjacent to an activating group) is 2. The molecule has 3 unspecified atom stereocenters. The van der Waals surface area contributed by atoms with Crippen LogP contribution in [0.2, 0.25) is 0 Å². The van der Waals surface area contributed by atoms with Gasteiger partial charge in [0.1, 0.15) is 0 Å². The van der Waals surface area contributed by atoms with Crippen molar-refractivity contribution >= 4 is 0 Å². The number of hydrogen-bond donors (Lipinski definition) is 1. The number of hydrogen-bond acceptors (Lipinski definition) is 3. The summed E-state index contributed by atoms with van der Waals surface area (Å²) in [4.78, 5) is 5.06. The molecule has 0 aromatic heterocycles. The Morgan fingerprint density at radius 2 is 1.95 bits per heavy atom. The maximum atomic E-state index is 3.72. The zero-order valence-electron chi connectivity index (χ0n) is 14.0. The van der Waals surface area contributed by atoms with E-state index in [9.17, 15) is 0 Å². The summed E-state index contributed by atoms with van der Waals surface area (Å²) in [5.74, 6) is 0. The minimum Gasteiger partial charge on any atom is -0.309 e.